The van der Waals surface area contributed by atoms with Crippen LogP contribution in [0.5, 0.6) is 0 Å². The van der Waals surface area contributed by atoms with Crippen LogP contribution in [0.2, 0.25) is 0 Å². The molecule has 9 heteroatoms. The van der Waals surface area contributed by atoms with Gasteiger partial charge in [0.1, 0.15) is 12.7 Å². The Hall–Kier alpha value is -3.43. The first-order valence-corrected chi connectivity index (χ1v) is 10.7. The SMILES string of the molecule is O=C(NCCC(O)C(O)c1cnccc1C(F)(F)F)OCC1c2ccccc2-c2ccccc21. The third kappa shape index (κ3) is 4.90. The number of ether oxygens (including phenoxy) is 1. The molecule has 0 saturated heterocycles. The van der Waals surface area contributed by atoms with Crippen molar-refractivity contribution in [1.82, 2.24) is 10.3 Å². The number of pyridine rings is 1. The van der Waals surface area contributed by atoms with Gasteiger partial charge in [0.2, 0.25) is 0 Å². The molecule has 0 radical (unpaired) electrons. The molecule has 0 saturated carbocycles. The number of carbonyl (C=O) groups excluding carboxylic acids is 1. The summed E-state index contributed by atoms with van der Waals surface area (Å²) in [4.78, 5) is 15.8. The maximum atomic E-state index is 13.1. The van der Waals surface area contributed by atoms with E-state index in [9.17, 15) is 28.2 Å². The minimum atomic E-state index is -4.70. The molecule has 0 spiro atoms. The smallest absolute Gasteiger partial charge is 0.416 e. The fourth-order valence-electron chi connectivity index (χ4n) is 4.24. The van der Waals surface area contributed by atoms with Crippen molar-refractivity contribution >= 4 is 6.09 Å². The van der Waals surface area contributed by atoms with Gasteiger partial charge in [-0.25, -0.2) is 4.79 Å². The Morgan fingerprint density at radius 2 is 1.65 bits per heavy atom. The van der Waals surface area contributed by atoms with E-state index in [-0.39, 0.29) is 25.5 Å². The van der Waals surface area contributed by atoms with Gasteiger partial charge in [0.25, 0.3) is 0 Å². The molecule has 2 atom stereocenters. The number of alkyl halides is 3. The van der Waals surface area contributed by atoms with Crippen LogP contribution in [0, 0.1) is 0 Å². The van der Waals surface area contributed by atoms with Crippen LogP contribution in [0.4, 0.5) is 18.0 Å². The zero-order chi connectivity index (χ0) is 24.3. The van der Waals surface area contributed by atoms with E-state index in [2.05, 4.69) is 10.3 Å². The van der Waals surface area contributed by atoms with Crippen LogP contribution in [0.15, 0.2) is 67.0 Å². The van der Waals surface area contributed by atoms with Crippen LogP contribution < -0.4 is 5.32 Å². The highest BCUT2D eigenvalue weighted by molar-refractivity contribution is 5.79. The summed E-state index contributed by atoms with van der Waals surface area (Å²) in [6.45, 7) is 0.00613. The number of alkyl carbamates (subject to hydrolysis) is 1. The second-order valence-corrected chi connectivity index (χ2v) is 8.01. The van der Waals surface area contributed by atoms with Gasteiger partial charge in [0, 0.05) is 30.4 Å². The zero-order valence-electron chi connectivity index (χ0n) is 18.0. The van der Waals surface area contributed by atoms with Gasteiger partial charge in [-0.2, -0.15) is 13.2 Å². The van der Waals surface area contributed by atoms with Crippen molar-refractivity contribution in [2.45, 2.75) is 30.7 Å². The van der Waals surface area contributed by atoms with Crippen LogP contribution in [0.3, 0.4) is 0 Å². The van der Waals surface area contributed by atoms with Gasteiger partial charge in [-0.05, 0) is 34.7 Å². The number of fused-ring (bicyclic) bond motifs is 3. The Morgan fingerprint density at radius 3 is 2.26 bits per heavy atom. The van der Waals surface area contributed by atoms with Crippen molar-refractivity contribution in [3.05, 3.63) is 89.2 Å². The maximum absolute atomic E-state index is 13.1. The number of halogens is 3. The number of hydrogen-bond donors (Lipinski definition) is 3. The first-order valence-electron chi connectivity index (χ1n) is 10.7. The lowest BCUT2D eigenvalue weighted by Gasteiger charge is -2.21. The molecule has 2 unspecified atom stereocenters. The van der Waals surface area contributed by atoms with Crippen molar-refractivity contribution in [3.63, 3.8) is 0 Å². The Bertz CT molecular complexity index is 1120. The molecule has 6 nitrogen and oxygen atoms in total. The first-order chi connectivity index (χ1) is 16.3. The highest BCUT2D eigenvalue weighted by atomic mass is 19.4. The Labute approximate surface area is 194 Å². The standard InChI is InChI=1S/C25H23F3N2O4/c26-25(27,28)21-9-11-29-13-19(21)23(32)22(31)10-12-30-24(33)34-14-20-17-7-3-1-5-15(17)16-6-2-4-8-18(16)20/h1-9,11,13,20,22-23,31-32H,10,12,14H2,(H,30,33). The van der Waals surface area contributed by atoms with Gasteiger partial charge >= 0.3 is 12.3 Å². The monoisotopic (exact) mass is 472 g/mol. The summed E-state index contributed by atoms with van der Waals surface area (Å²) in [5.41, 5.74) is 2.72. The molecule has 3 aromatic rings. The van der Waals surface area contributed by atoms with Crippen molar-refractivity contribution in [2.75, 3.05) is 13.2 Å². The molecule has 2 aromatic carbocycles. The predicted molar refractivity (Wildman–Crippen MR) is 118 cm³/mol. The van der Waals surface area contributed by atoms with Gasteiger partial charge in [-0.3, -0.25) is 4.98 Å². The summed E-state index contributed by atoms with van der Waals surface area (Å²) in [6, 6.07) is 16.5. The van der Waals surface area contributed by atoms with E-state index in [1.54, 1.807) is 0 Å². The molecule has 3 N–H and O–H groups in total. The Kier molecular flexibility index (Phi) is 6.85. The molecular weight excluding hydrogens is 449 g/mol. The molecule has 1 heterocycles. The van der Waals surface area contributed by atoms with Crippen molar-refractivity contribution < 1.29 is 32.9 Å². The molecule has 1 aliphatic rings. The summed E-state index contributed by atoms with van der Waals surface area (Å²) in [5, 5.41) is 22.8. The van der Waals surface area contributed by atoms with E-state index in [1.165, 1.54) is 0 Å². The molecule has 1 aliphatic carbocycles. The minimum Gasteiger partial charge on any atom is -0.449 e. The van der Waals surface area contributed by atoms with Gasteiger partial charge in [-0.15, -0.1) is 0 Å². The van der Waals surface area contributed by atoms with Gasteiger partial charge in [0.15, 0.2) is 0 Å². The zero-order valence-corrected chi connectivity index (χ0v) is 18.0. The molecule has 34 heavy (non-hydrogen) atoms. The second kappa shape index (κ2) is 9.82. The van der Waals surface area contributed by atoms with Crippen LogP contribution in [0.25, 0.3) is 11.1 Å². The maximum Gasteiger partial charge on any atom is 0.416 e. The number of nitrogens with zero attached hydrogens (tertiary/aromatic N) is 1. The van der Waals surface area contributed by atoms with Crippen molar-refractivity contribution in [3.8, 4) is 11.1 Å². The quantitative estimate of drug-likeness (QED) is 0.474. The number of benzene rings is 2. The van der Waals surface area contributed by atoms with Crippen LogP contribution in [0.1, 0.15) is 40.7 Å². The van der Waals surface area contributed by atoms with Crippen LogP contribution in [-0.2, 0) is 10.9 Å². The molecule has 0 fully saturated rings. The van der Waals surface area contributed by atoms with Gasteiger partial charge in [-0.1, -0.05) is 48.5 Å². The summed E-state index contributed by atoms with van der Waals surface area (Å²) in [5.74, 6) is -0.114. The predicted octanol–water partition coefficient (Wildman–Crippen LogP) is 4.42. The average Bonchev–Trinajstić information content (AvgIpc) is 3.15. The van der Waals surface area contributed by atoms with E-state index >= 15 is 0 Å². The highest BCUT2D eigenvalue weighted by Gasteiger charge is 2.36. The molecule has 178 valence electrons. The largest absolute Gasteiger partial charge is 0.449 e. The normalized spacial score (nSPS) is 14.7. The highest BCUT2D eigenvalue weighted by Crippen LogP contribution is 2.44. The van der Waals surface area contributed by atoms with E-state index in [1.807, 2.05) is 48.5 Å². The third-order valence-corrected chi connectivity index (χ3v) is 5.89. The van der Waals surface area contributed by atoms with Gasteiger partial charge in [0.05, 0.1) is 11.7 Å². The Balaban J connectivity index is 1.30. The molecule has 4 rings (SSSR count). The van der Waals surface area contributed by atoms with Crippen LogP contribution in [-0.4, -0.2) is 40.5 Å². The molecular formula is C25H23F3N2O4. The van der Waals surface area contributed by atoms with E-state index < -0.39 is 35.6 Å². The summed E-state index contributed by atoms with van der Waals surface area (Å²) >= 11 is 0. The van der Waals surface area contributed by atoms with Crippen molar-refractivity contribution in [1.29, 1.82) is 0 Å². The lowest BCUT2D eigenvalue weighted by molar-refractivity contribution is -0.140. The number of aliphatic hydroxyl groups excluding tert-OH is 2. The number of amides is 1. The fourth-order valence-corrected chi connectivity index (χ4v) is 4.24. The fraction of sp³-hybridized carbons (Fsp3) is 0.280. The number of aliphatic hydroxyl groups is 2. The third-order valence-electron chi connectivity index (χ3n) is 5.89. The number of nitrogens with one attached hydrogen (secondary N) is 1. The van der Waals surface area contributed by atoms with E-state index in [0.29, 0.717) is 0 Å². The summed E-state index contributed by atoms with van der Waals surface area (Å²) in [6.07, 6.45) is -7.12. The topological polar surface area (TPSA) is 91.7 Å². The molecule has 1 aromatic heterocycles. The van der Waals surface area contributed by atoms with Crippen LogP contribution >= 0.6 is 0 Å². The van der Waals surface area contributed by atoms with E-state index in [4.69, 9.17) is 4.74 Å². The molecule has 0 bridgehead atoms. The summed E-state index contributed by atoms with van der Waals surface area (Å²) in [7, 11) is 0. The minimum absolute atomic E-state index is 0.101. The van der Waals surface area contributed by atoms with E-state index in [0.717, 1.165) is 40.7 Å². The lowest BCUT2D eigenvalue weighted by Crippen LogP contribution is -2.31. The number of carbonyl (C=O) groups is 1. The number of hydrogen-bond acceptors (Lipinski definition) is 5. The average molecular weight is 472 g/mol. The number of rotatable bonds is 7. The summed E-state index contributed by atoms with van der Waals surface area (Å²) < 4.78 is 44.8. The Morgan fingerprint density at radius 1 is 1.03 bits per heavy atom. The lowest BCUT2D eigenvalue weighted by atomic mass is 9.98. The number of aromatic nitrogens is 1. The second-order valence-electron chi connectivity index (χ2n) is 8.01. The molecule has 0 aliphatic heterocycles. The van der Waals surface area contributed by atoms with Gasteiger partial charge < -0.3 is 20.3 Å². The van der Waals surface area contributed by atoms with Crippen molar-refractivity contribution in [2.24, 2.45) is 0 Å². The molecule has 1 amide bonds. The first kappa shape index (κ1) is 23.7.